The quantitative estimate of drug-likeness (QED) is 0.891. The van der Waals surface area contributed by atoms with E-state index in [1.807, 2.05) is 37.0 Å². The van der Waals surface area contributed by atoms with Gasteiger partial charge in [-0.25, -0.2) is 0 Å². The van der Waals surface area contributed by atoms with Crippen molar-refractivity contribution in [2.45, 2.75) is 25.9 Å². The van der Waals surface area contributed by atoms with Crippen LogP contribution in [0.2, 0.25) is 0 Å². The largest absolute Gasteiger partial charge is 0.351 e. The van der Waals surface area contributed by atoms with Crippen LogP contribution in [0.15, 0.2) is 30.5 Å². The predicted octanol–water partition coefficient (Wildman–Crippen LogP) is 1.23. The van der Waals surface area contributed by atoms with Crippen LogP contribution < -0.4 is 10.6 Å². The van der Waals surface area contributed by atoms with Crippen molar-refractivity contribution in [3.8, 4) is 0 Å². The highest BCUT2D eigenvalue weighted by atomic mass is 16.1. The number of aryl methyl sites for hydroxylation is 1. The van der Waals surface area contributed by atoms with E-state index in [9.17, 15) is 4.79 Å². The van der Waals surface area contributed by atoms with E-state index in [2.05, 4.69) is 27.9 Å². The molecule has 1 aliphatic rings. The Bertz CT molecular complexity index is 662. The summed E-state index contributed by atoms with van der Waals surface area (Å²) in [4.78, 5) is 12.5. The number of nitrogens with zero attached hydrogens (tertiary/aromatic N) is 2. The van der Waals surface area contributed by atoms with Crippen LogP contribution in [0.4, 0.5) is 0 Å². The van der Waals surface area contributed by atoms with Gasteiger partial charge in [0.1, 0.15) is 0 Å². The van der Waals surface area contributed by atoms with E-state index in [1.54, 1.807) is 0 Å². The van der Waals surface area contributed by atoms with E-state index >= 15 is 0 Å². The Labute approximate surface area is 124 Å². The zero-order valence-electron chi connectivity index (χ0n) is 12.4. The fourth-order valence-corrected chi connectivity index (χ4v) is 2.75. The molecule has 0 saturated carbocycles. The molecule has 0 aliphatic carbocycles. The number of fused-ring (bicyclic) bond motifs is 1. The van der Waals surface area contributed by atoms with Crippen molar-refractivity contribution in [2.75, 3.05) is 6.54 Å². The monoisotopic (exact) mass is 284 g/mol. The average molecular weight is 284 g/mol. The van der Waals surface area contributed by atoms with Gasteiger partial charge in [0.2, 0.25) is 5.91 Å². The molecule has 110 valence electrons. The molecule has 1 atom stereocenters. The fraction of sp³-hybridized carbons (Fsp3) is 0.375. The molecule has 3 rings (SSSR count). The molecule has 5 nitrogen and oxygen atoms in total. The molecule has 1 unspecified atom stereocenters. The van der Waals surface area contributed by atoms with Crippen LogP contribution in [0, 0.1) is 6.92 Å². The first kappa shape index (κ1) is 13.8. The molecule has 1 aromatic heterocycles. The molecule has 2 aromatic rings. The number of hydrogen-bond acceptors (Lipinski definition) is 3. The minimum Gasteiger partial charge on any atom is -0.351 e. The molecule has 1 amide bonds. The topological polar surface area (TPSA) is 59.0 Å². The average Bonchev–Trinajstić information content (AvgIpc) is 2.84. The zero-order chi connectivity index (χ0) is 14.8. The van der Waals surface area contributed by atoms with Gasteiger partial charge in [0.25, 0.3) is 0 Å². The van der Waals surface area contributed by atoms with Gasteiger partial charge in [0.05, 0.1) is 12.1 Å². The van der Waals surface area contributed by atoms with Gasteiger partial charge >= 0.3 is 0 Å². The maximum atomic E-state index is 12.5. The zero-order valence-corrected chi connectivity index (χ0v) is 12.4. The molecule has 5 heteroatoms. The number of nitrogens with one attached hydrogen (secondary N) is 2. The fourth-order valence-electron chi connectivity index (χ4n) is 2.75. The summed E-state index contributed by atoms with van der Waals surface area (Å²) in [5.74, 6) is -0.0511. The van der Waals surface area contributed by atoms with Crippen LogP contribution >= 0.6 is 0 Å². The second-order valence-corrected chi connectivity index (χ2v) is 5.48. The van der Waals surface area contributed by atoms with E-state index < -0.39 is 0 Å². The lowest BCUT2D eigenvalue weighted by Crippen LogP contribution is -2.38. The smallest absolute Gasteiger partial charge is 0.229 e. The minimum absolute atomic E-state index is 0.0675. The van der Waals surface area contributed by atoms with Crippen molar-refractivity contribution in [3.05, 3.63) is 52.8 Å². The molecular weight excluding hydrogens is 264 g/mol. The van der Waals surface area contributed by atoms with E-state index in [0.717, 1.165) is 23.4 Å². The van der Waals surface area contributed by atoms with Crippen LogP contribution in [-0.4, -0.2) is 22.2 Å². The van der Waals surface area contributed by atoms with Gasteiger partial charge in [-0.1, -0.05) is 24.3 Å². The standard InChI is InChI=1S/C16H20N4O/c1-11-13(9-19-20(11)2)8-18-16(21)15-10-17-7-12-5-3-4-6-14(12)15/h3-6,9,15,17H,7-8,10H2,1-2H3,(H,18,21). The number of hydrogen-bond donors (Lipinski definition) is 2. The Morgan fingerprint density at radius 2 is 2.29 bits per heavy atom. The second kappa shape index (κ2) is 5.69. The first-order chi connectivity index (χ1) is 10.2. The molecule has 0 bridgehead atoms. The van der Waals surface area contributed by atoms with Gasteiger partial charge in [0, 0.05) is 37.9 Å². The number of carbonyl (C=O) groups excluding carboxylic acids is 1. The third-order valence-electron chi connectivity index (χ3n) is 4.20. The van der Waals surface area contributed by atoms with Crippen molar-refractivity contribution in [1.29, 1.82) is 0 Å². The molecule has 1 aromatic carbocycles. The maximum Gasteiger partial charge on any atom is 0.229 e. The first-order valence-electron chi connectivity index (χ1n) is 7.20. The molecule has 0 saturated heterocycles. The normalized spacial score (nSPS) is 17.3. The van der Waals surface area contributed by atoms with Gasteiger partial charge in [0.15, 0.2) is 0 Å². The number of rotatable bonds is 3. The summed E-state index contributed by atoms with van der Waals surface area (Å²) in [5.41, 5.74) is 4.48. The van der Waals surface area contributed by atoms with Crippen LogP contribution in [0.3, 0.4) is 0 Å². The predicted molar refractivity (Wildman–Crippen MR) is 80.7 cm³/mol. The van der Waals surface area contributed by atoms with Crippen molar-refractivity contribution in [3.63, 3.8) is 0 Å². The van der Waals surface area contributed by atoms with E-state index in [0.29, 0.717) is 13.1 Å². The Kier molecular flexibility index (Phi) is 3.75. The summed E-state index contributed by atoms with van der Waals surface area (Å²) in [5, 5.41) is 10.5. The Morgan fingerprint density at radius 3 is 3.05 bits per heavy atom. The van der Waals surface area contributed by atoms with Crippen LogP contribution in [0.1, 0.15) is 28.3 Å². The van der Waals surface area contributed by atoms with Crippen molar-refractivity contribution in [2.24, 2.45) is 7.05 Å². The second-order valence-electron chi connectivity index (χ2n) is 5.48. The SMILES string of the molecule is Cc1c(CNC(=O)C2CNCc3ccccc32)cnn1C. The number of aromatic nitrogens is 2. The van der Waals surface area contributed by atoms with Crippen molar-refractivity contribution >= 4 is 5.91 Å². The first-order valence-corrected chi connectivity index (χ1v) is 7.20. The van der Waals surface area contributed by atoms with Crippen LogP contribution in [-0.2, 0) is 24.9 Å². The van der Waals surface area contributed by atoms with Gasteiger partial charge in [-0.05, 0) is 18.1 Å². The molecule has 0 spiro atoms. The van der Waals surface area contributed by atoms with Gasteiger partial charge in [-0.15, -0.1) is 0 Å². The summed E-state index contributed by atoms with van der Waals surface area (Å²) in [6, 6.07) is 8.14. The van der Waals surface area contributed by atoms with Gasteiger partial charge in [-0.2, -0.15) is 5.10 Å². The Balaban J connectivity index is 1.71. The molecule has 2 N–H and O–H groups in total. The Hall–Kier alpha value is -2.14. The lowest BCUT2D eigenvalue weighted by Gasteiger charge is -2.25. The maximum absolute atomic E-state index is 12.5. The highest BCUT2D eigenvalue weighted by molar-refractivity contribution is 5.84. The van der Waals surface area contributed by atoms with Crippen molar-refractivity contribution < 1.29 is 4.79 Å². The molecule has 1 aliphatic heterocycles. The minimum atomic E-state index is -0.119. The summed E-state index contributed by atoms with van der Waals surface area (Å²) in [7, 11) is 1.90. The van der Waals surface area contributed by atoms with Gasteiger partial charge < -0.3 is 10.6 Å². The molecule has 0 fully saturated rings. The summed E-state index contributed by atoms with van der Waals surface area (Å²) in [6.07, 6.45) is 1.81. The third kappa shape index (κ3) is 2.69. The lowest BCUT2D eigenvalue weighted by molar-refractivity contribution is -0.122. The number of amides is 1. The van der Waals surface area contributed by atoms with Crippen LogP contribution in [0.5, 0.6) is 0 Å². The van der Waals surface area contributed by atoms with Crippen molar-refractivity contribution in [1.82, 2.24) is 20.4 Å². The lowest BCUT2D eigenvalue weighted by atomic mass is 9.90. The van der Waals surface area contributed by atoms with E-state index in [4.69, 9.17) is 0 Å². The van der Waals surface area contributed by atoms with Gasteiger partial charge in [-0.3, -0.25) is 9.48 Å². The summed E-state index contributed by atoms with van der Waals surface area (Å²) in [6.45, 7) is 4.06. The molecule has 0 radical (unpaired) electrons. The van der Waals surface area contributed by atoms with Crippen LogP contribution in [0.25, 0.3) is 0 Å². The number of carbonyl (C=O) groups is 1. The third-order valence-corrected chi connectivity index (χ3v) is 4.20. The molecule has 21 heavy (non-hydrogen) atoms. The highest BCUT2D eigenvalue weighted by Gasteiger charge is 2.25. The summed E-state index contributed by atoms with van der Waals surface area (Å²) >= 11 is 0. The summed E-state index contributed by atoms with van der Waals surface area (Å²) < 4.78 is 1.82. The van der Waals surface area contributed by atoms with E-state index in [-0.39, 0.29) is 11.8 Å². The number of benzene rings is 1. The Morgan fingerprint density at radius 1 is 1.48 bits per heavy atom. The molecular formula is C16H20N4O. The molecule has 2 heterocycles. The highest BCUT2D eigenvalue weighted by Crippen LogP contribution is 2.23. The van der Waals surface area contributed by atoms with E-state index in [1.165, 1.54) is 5.56 Å².